The van der Waals surface area contributed by atoms with Crippen LogP contribution in [0.15, 0.2) is 60.7 Å². The molecule has 0 atom stereocenters. The van der Waals surface area contributed by atoms with Gasteiger partial charge in [0.25, 0.3) is 5.82 Å². The molecular formula is C28H27FN4O4. The molecule has 0 fully saturated rings. The molecule has 1 aliphatic rings. The van der Waals surface area contributed by atoms with Crippen molar-refractivity contribution in [3.8, 4) is 0 Å². The summed E-state index contributed by atoms with van der Waals surface area (Å²) in [4.78, 5) is 31.8. The maximum absolute atomic E-state index is 13.5. The van der Waals surface area contributed by atoms with E-state index in [9.17, 15) is 14.0 Å². The maximum Gasteiger partial charge on any atom is 0.414 e. The number of aromatic nitrogens is 3. The van der Waals surface area contributed by atoms with Gasteiger partial charge < -0.3 is 9.47 Å². The molecule has 1 amide bonds. The summed E-state index contributed by atoms with van der Waals surface area (Å²) in [5, 5.41) is 4.49. The van der Waals surface area contributed by atoms with E-state index in [1.807, 2.05) is 50.2 Å². The molecular weight excluding hydrogens is 475 g/mol. The van der Waals surface area contributed by atoms with Crippen molar-refractivity contribution in [2.24, 2.45) is 0 Å². The minimum absolute atomic E-state index is 0.0588. The smallest absolute Gasteiger partial charge is 0.414 e. The molecule has 3 heterocycles. The summed E-state index contributed by atoms with van der Waals surface area (Å²) in [6.45, 7) is 6.42. The number of halogens is 1. The SMILES string of the molecule is CCOC(=O)c1nc2c(Cc3ccc(F)cc3)cc3c(n2n1)C(C)(C)CN3C(=O)OCc1ccccc1. The van der Waals surface area contributed by atoms with Crippen molar-refractivity contribution in [3.05, 3.63) is 94.7 Å². The lowest BCUT2D eigenvalue weighted by Gasteiger charge is -2.20. The van der Waals surface area contributed by atoms with Crippen LogP contribution < -0.4 is 4.90 Å². The van der Waals surface area contributed by atoms with Gasteiger partial charge >= 0.3 is 12.1 Å². The van der Waals surface area contributed by atoms with Crippen molar-refractivity contribution in [2.45, 2.75) is 39.2 Å². The van der Waals surface area contributed by atoms with E-state index in [0.717, 1.165) is 22.4 Å². The van der Waals surface area contributed by atoms with E-state index >= 15 is 0 Å². The number of hydrogen-bond donors (Lipinski definition) is 0. The fourth-order valence-corrected chi connectivity index (χ4v) is 4.67. The van der Waals surface area contributed by atoms with E-state index in [1.165, 1.54) is 12.1 Å². The number of benzene rings is 2. The minimum atomic E-state index is -0.623. The molecule has 0 saturated heterocycles. The zero-order chi connectivity index (χ0) is 26.2. The predicted molar refractivity (Wildman–Crippen MR) is 135 cm³/mol. The summed E-state index contributed by atoms with van der Waals surface area (Å²) in [6, 6.07) is 17.5. The van der Waals surface area contributed by atoms with Crippen LogP contribution in [-0.4, -0.2) is 39.8 Å². The molecule has 2 aromatic heterocycles. The third-order valence-corrected chi connectivity index (χ3v) is 6.34. The molecule has 8 nitrogen and oxygen atoms in total. The molecule has 0 unspecified atom stereocenters. The van der Waals surface area contributed by atoms with Crippen molar-refractivity contribution >= 4 is 23.4 Å². The molecule has 0 N–H and O–H groups in total. The van der Waals surface area contributed by atoms with E-state index in [0.29, 0.717) is 24.3 Å². The lowest BCUT2D eigenvalue weighted by molar-refractivity contribution is 0.0512. The third-order valence-electron chi connectivity index (χ3n) is 6.34. The number of nitrogens with zero attached hydrogens (tertiary/aromatic N) is 4. The van der Waals surface area contributed by atoms with E-state index in [-0.39, 0.29) is 24.9 Å². The van der Waals surface area contributed by atoms with E-state index in [4.69, 9.17) is 9.47 Å². The Bertz CT molecular complexity index is 1470. The van der Waals surface area contributed by atoms with Gasteiger partial charge in [-0.1, -0.05) is 56.3 Å². The average molecular weight is 503 g/mol. The average Bonchev–Trinajstić information content (AvgIpc) is 3.44. The Morgan fingerprint density at radius 1 is 1.03 bits per heavy atom. The number of fused-ring (bicyclic) bond motifs is 3. The zero-order valence-corrected chi connectivity index (χ0v) is 20.9. The first kappa shape index (κ1) is 24.4. The molecule has 9 heteroatoms. The Hall–Kier alpha value is -4.27. The molecule has 0 radical (unpaired) electrons. The lowest BCUT2D eigenvalue weighted by atomic mass is 9.90. The van der Waals surface area contributed by atoms with Crippen molar-refractivity contribution in [1.29, 1.82) is 0 Å². The molecule has 0 bridgehead atoms. The third kappa shape index (κ3) is 4.76. The number of esters is 1. The van der Waals surface area contributed by atoms with Crippen LogP contribution in [0.3, 0.4) is 0 Å². The van der Waals surface area contributed by atoms with Crippen molar-refractivity contribution in [3.63, 3.8) is 0 Å². The van der Waals surface area contributed by atoms with Crippen LogP contribution in [-0.2, 0) is 27.9 Å². The van der Waals surface area contributed by atoms with Gasteiger partial charge in [0.15, 0.2) is 5.65 Å². The molecule has 0 saturated carbocycles. The monoisotopic (exact) mass is 502 g/mol. The Kier molecular flexibility index (Phi) is 6.37. The van der Waals surface area contributed by atoms with Crippen molar-refractivity contribution in [2.75, 3.05) is 18.1 Å². The fraction of sp³-hybridized carbons (Fsp3) is 0.286. The van der Waals surface area contributed by atoms with Crippen LogP contribution in [0.25, 0.3) is 5.65 Å². The van der Waals surface area contributed by atoms with Crippen molar-refractivity contribution < 1.29 is 23.5 Å². The number of ether oxygens (including phenoxy) is 2. The Balaban J connectivity index is 1.58. The van der Waals surface area contributed by atoms with Gasteiger partial charge in [0.2, 0.25) is 0 Å². The fourth-order valence-electron chi connectivity index (χ4n) is 4.67. The highest BCUT2D eigenvalue weighted by molar-refractivity contribution is 5.92. The molecule has 1 aliphatic heterocycles. The van der Waals surface area contributed by atoms with E-state index in [2.05, 4.69) is 10.1 Å². The van der Waals surface area contributed by atoms with Gasteiger partial charge in [-0.15, -0.1) is 5.10 Å². The van der Waals surface area contributed by atoms with Gasteiger partial charge in [0, 0.05) is 23.9 Å². The second-order valence-corrected chi connectivity index (χ2v) is 9.61. The molecule has 0 spiro atoms. The molecule has 2 aromatic carbocycles. The summed E-state index contributed by atoms with van der Waals surface area (Å²) >= 11 is 0. The molecule has 4 aromatic rings. The van der Waals surface area contributed by atoms with Crippen molar-refractivity contribution in [1.82, 2.24) is 14.6 Å². The lowest BCUT2D eigenvalue weighted by Crippen LogP contribution is -2.34. The number of carbonyl (C=O) groups excluding carboxylic acids is 2. The van der Waals surface area contributed by atoms with Gasteiger partial charge in [0.1, 0.15) is 12.4 Å². The molecule has 0 aliphatic carbocycles. The topological polar surface area (TPSA) is 86.0 Å². The highest BCUT2D eigenvalue weighted by Crippen LogP contribution is 2.42. The summed E-state index contributed by atoms with van der Waals surface area (Å²) in [7, 11) is 0. The number of carbonyl (C=O) groups is 2. The second kappa shape index (κ2) is 9.65. The van der Waals surface area contributed by atoms with Crippen LogP contribution in [0.5, 0.6) is 0 Å². The van der Waals surface area contributed by atoms with Gasteiger partial charge in [-0.05, 0) is 36.2 Å². The predicted octanol–water partition coefficient (Wildman–Crippen LogP) is 5.07. The second-order valence-electron chi connectivity index (χ2n) is 9.61. The molecule has 37 heavy (non-hydrogen) atoms. The quantitative estimate of drug-likeness (QED) is 0.342. The van der Waals surface area contributed by atoms with Gasteiger partial charge in [-0.3, -0.25) is 4.90 Å². The molecule has 190 valence electrons. The first-order valence-electron chi connectivity index (χ1n) is 12.1. The van der Waals surface area contributed by atoms with Gasteiger partial charge in [-0.25, -0.2) is 23.5 Å². The first-order valence-corrected chi connectivity index (χ1v) is 12.1. The molecule has 5 rings (SSSR count). The van der Waals surface area contributed by atoms with Crippen LogP contribution in [0.1, 0.15) is 53.8 Å². The summed E-state index contributed by atoms with van der Waals surface area (Å²) in [5.41, 5.74) is 3.81. The van der Waals surface area contributed by atoms with Crippen LogP contribution in [0.4, 0.5) is 14.9 Å². The Labute approximate surface area is 213 Å². The number of amides is 1. The van der Waals surface area contributed by atoms with Crippen LogP contribution >= 0.6 is 0 Å². The standard InChI is InChI=1S/C28H27FN4O4/c1-4-36-26(34)24-30-25-20(14-18-10-12-21(29)13-11-18)15-22-23(33(25)31-24)28(2,3)17-32(22)27(35)37-16-19-8-6-5-7-9-19/h5-13,15H,4,14,16-17H2,1-3H3. The number of rotatable bonds is 6. The number of anilines is 1. The normalized spacial score (nSPS) is 14.0. The summed E-state index contributed by atoms with van der Waals surface area (Å²) < 4.78 is 25.9. The maximum atomic E-state index is 13.5. The summed E-state index contributed by atoms with van der Waals surface area (Å²) in [6.07, 6.45) is -0.0841. The highest BCUT2D eigenvalue weighted by Gasteiger charge is 2.42. The number of hydrogen-bond acceptors (Lipinski definition) is 6. The Morgan fingerprint density at radius 3 is 2.46 bits per heavy atom. The zero-order valence-electron chi connectivity index (χ0n) is 20.9. The highest BCUT2D eigenvalue weighted by atomic mass is 19.1. The largest absolute Gasteiger partial charge is 0.460 e. The number of pyridine rings is 1. The van der Waals surface area contributed by atoms with Crippen LogP contribution in [0, 0.1) is 5.82 Å². The van der Waals surface area contributed by atoms with E-state index in [1.54, 1.807) is 28.5 Å². The van der Waals surface area contributed by atoms with Gasteiger partial charge in [0.05, 0.1) is 18.0 Å². The van der Waals surface area contributed by atoms with Gasteiger partial charge in [-0.2, -0.15) is 0 Å². The first-order chi connectivity index (χ1) is 17.8. The Morgan fingerprint density at radius 2 is 1.76 bits per heavy atom. The minimum Gasteiger partial charge on any atom is -0.460 e. The summed E-state index contributed by atoms with van der Waals surface area (Å²) in [5.74, 6) is -1.01. The van der Waals surface area contributed by atoms with Crippen LogP contribution in [0.2, 0.25) is 0 Å². The van der Waals surface area contributed by atoms with E-state index < -0.39 is 17.5 Å².